The highest BCUT2D eigenvalue weighted by atomic mass is 32.2. The smallest absolute Gasteiger partial charge is 0.138 e. The van der Waals surface area contributed by atoms with E-state index >= 15 is 0 Å². The van der Waals surface area contributed by atoms with Gasteiger partial charge in [0.15, 0.2) is 0 Å². The first-order valence-corrected chi connectivity index (χ1v) is 10.0. The first kappa shape index (κ1) is 17.1. The monoisotopic (exact) mass is 385 g/mol. The van der Waals surface area contributed by atoms with Crippen molar-refractivity contribution in [3.05, 3.63) is 54.6 Å². The minimum absolute atomic E-state index is 0.234. The molecule has 0 radical (unpaired) electrons. The van der Waals surface area contributed by atoms with Gasteiger partial charge in [0.05, 0.1) is 16.0 Å². The highest BCUT2D eigenvalue weighted by molar-refractivity contribution is 7.98. The molecule has 0 spiro atoms. The molecule has 0 amide bonds. The van der Waals surface area contributed by atoms with E-state index < -0.39 is 0 Å². The summed E-state index contributed by atoms with van der Waals surface area (Å²) in [5.41, 5.74) is 1.88. The van der Waals surface area contributed by atoms with Gasteiger partial charge in [0.25, 0.3) is 0 Å². The molecule has 0 aliphatic carbocycles. The molecule has 0 saturated carbocycles. The van der Waals surface area contributed by atoms with Crippen LogP contribution in [0.15, 0.2) is 48.0 Å². The van der Waals surface area contributed by atoms with Crippen molar-refractivity contribution in [2.45, 2.75) is 30.7 Å². The zero-order valence-electron chi connectivity index (χ0n) is 14.1. The molecular formula is C18H16FN5S2. The average molecular weight is 385 g/mol. The van der Waals surface area contributed by atoms with Crippen molar-refractivity contribution in [1.29, 1.82) is 0 Å². The van der Waals surface area contributed by atoms with Crippen LogP contribution in [0.1, 0.15) is 19.2 Å². The van der Waals surface area contributed by atoms with E-state index in [2.05, 4.69) is 27.0 Å². The Morgan fingerprint density at radius 3 is 2.77 bits per heavy atom. The quantitative estimate of drug-likeness (QED) is 0.353. The lowest BCUT2D eigenvalue weighted by atomic mass is 10.2. The molecule has 4 aromatic rings. The fourth-order valence-corrected chi connectivity index (χ4v) is 4.77. The normalized spacial score (nSPS) is 11.3. The van der Waals surface area contributed by atoms with Crippen molar-refractivity contribution in [2.75, 3.05) is 0 Å². The third-order valence-corrected chi connectivity index (χ3v) is 6.17. The van der Waals surface area contributed by atoms with Gasteiger partial charge in [-0.15, -0.1) is 11.3 Å². The highest BCUT2D eigenvalue weighted by Crippen LogP contribution is 2.37. The number of thioether (sulfide) groups is 1. The molecule has 0 unspecified atom stereocenters. The maximum atomic E-state index is 13.2. The van der Waals surface area contributed by atoms with Gasteiger partial charge in [-0.2, -0.15) is 5.10 Å². The number of halogens is 1. The summed E-state index contributed by atoms with van der Waals surface area (Å²) >= 11 is 3.26. The molecule has 1 aromatic carbocycles. The largest absolute Gasteiger partial charge is 0.249 e. The van der Waals surface area contributed by atoms with Crippen LogP contribution in [0.2, 0.25) is 0 Å². The summed E-state index contributed by atoms with van der Waals surface area (Å²) in [4.78, 5) is 14.2. The van der Waals surface area contributed by atoms with Crippen LogP contribution in [0.5, 0.6) is 0 Å². The third-order valence-electron chi connectivity index (χ3n) is 3.88. The van der Waals surface area contributed by atoms with Gasteiger partial charge >= 0.3 is 0 Å². The van der Waals surface area contributed by atoms with Gasteiger partial charge in [-0.3, -0.25) is 0 Å². The topological polar surface area (TPSA) is 56.5 Å². The van der Waals surface area contributed by atoms with Crippen LogP contribution in [-0.4, -0.2) is 24.7 Å². The molecule has 0 aliphatic heterocycles. The van der Waals surface area contributed by atoms with Gasteiger partial charge in [-0.1, -0.05) is 30.8 Å². The second-order valence-electron chi connectivity index (χ2n) is 5.70. The van der Waals surface area contributed by atoms with E-state index in [9.17, 15) is 4.39 Å². The highest BCUT2D eigenvalue weighted by Gasteiger charge is 2.12. The zero-order valence-corrected chi connectivity index (χ0v) is 15.7. The van der Waals surface area contributed by atoms with Crippen LogP contribution in [0.3, 0.4) is 0 Å². The van der Waals surface area contributed by atoms with Crippen LogP contribution in [0, 0.1) is 5.82 Å². The molecule has 3 heterocycles. The van der Waals surface area contributed by atoms with Crippen molar-refractivity contribution in [3.63, 3.8) is 0 Å². The zero-order chi connectivity index (χ0) is 17.9. The summed E-state index contributed by atoms with van der Waals surface area (Å²) in [6.07, 6.45) is 4.20. The molecule has 4 rings (SSSR count). The number of hydrogen-bond acceptors (Lipinski definition) is 6. The molecule has 0 aliphatic rings. The number of aryl methyl sites for hydroxylation is 1. The first-order chi connectivity index (χ1) is 12.7. The Morgan fingerprint density at radius 2 is 1.96 bits per heavy atom. The Hall–Kier alpha value is -2.32. The molecule has 0 atom stereocenters. The van der Waals surface area contributed by atoms with Gasteiger partial charge in [0, 0.05) is 11.4 Å². The minimum atomic E-state index is -0.234. The lowest BCUT2D eigenvalue weighted by Gasteiger charge is -2.04. The van der Waals surface area contributed by atoms with Crippen molar-refractivity contribution < 1.29 is 4.39 Å². The first-order valence-electron chi connectivity index (χ1n) is 8.24. The third kappa shape index (κ3) is 3.47. The summed E-state index contributed by atoms with van der Waals surface area (Å²) in [5.74, 6) is 1.41. The molecule has 0 fully saturated rings. The second kappa shape index (κ2) is 7.51. The van der Waals surface area contributed by atoms with E-state index in [0.29, 0.717) is 5.75 Å². The summed E-state index contributed by atoms with van der Waals surface area (Å²) in [7, 11) is 0. The lowest BCUT2D eigenvalue weighted by molar-refractivity contribution is 0.581. The maximum absolute atomic E-state index is 13.2. The maximum Gasteiger partial charge on any atom is 0.138 e. The molecule has 8 heteroatoms. The van der Waals surface area contributed by atoms with Gasteiger partial charge in [-0.25, -0.2) is 24.0 Å². The van der Waals surface area contributed by atoms with Crippen LogP contribution < -0.4 is 0 Å². The fourth-order valence-electron chi connectivity index (χ4n) is 2.62. The number of aromatic nitrogens is 5. The van der Waals surface area contributed by atoms with Crippen molar-refractivity contribution in [2.24, 2.45) is 0 Å². The van der Waals surface area contributed by atoms with Gasteiger partial charge in [0.2, 0.25) is 0 Å². The average Bonchev–Trinajstić information content (AvgIpc) is 3.28. The predicted octanol–water partition coefficient (Wildman–Crippen LogP) is 4.79. The van der Waals surface area contributed by atoms with E-state index in [1.54, 1.807) is 47.9 Å². The number of benzene rings is 1. The van der Waals surface area contributed by atoms with Crippen molar-refractivity contribution in [3.8, 4) is 10.4 Å². The van der Waals surface area contributed by atoms with E-state index in [1.807, 2.05) is 10.7 Å². The summed E-state index contributed by atoms with van der Waals surface area (Å²) < 4.78 is 16.1. The van der Waals surface area contributed by atoms with E-state index in [0.717, 1.165) is 44.5 Å². The SMILES string of the molecule is CCCn1ncnc1CSc1ncnc2cc(-c3ccc(F)cc3)sc12. The standard InChI is InChI=1S/C18H16FN5S2/c1-2-7-24-16(21-11-23-24)9-25-18-17-14(20-10-22-18)8-15(26-17)12-3-5-13(19)6-4-12/h3-6,8,10-11H,2,7,9H2,1H3. The number of rotatable bonds is 6. The Morgan fingerprint density at radius 1 is 1.12 bits per heavy atom. The van der Waals surface area contributed by atoms with Crippen LogP contribution in [0.4, 0.5) is 4.39 Å². The number of nitrogens with zero attached hydrogens (tertiary/aromatic N) is 5. The van der Waals surface area contributed by atoms with E-state index in [1.165, 1.54) is 12.1 Å². The minimum Gasteiger partial charge on any atom is -0.249 e. The van der Waals surface area contributed by atoms with Crippen LogP contribution in [-0.2, 0) is 12.3 Å². The summed E-state index contributed by atoms with van der Waals surface area (Å²) in [6, 6.07) is 8.54. The Bertz CT molecular complexity index is 1030. The molecule has 5 nitrogen and oxygen atoms in total. The lowest BCUT2D eigenvalue weighted by Crippen LogP contribution is -2.04. The molecule has 3 aromatic heterocycles. The Labute approximate surface area is 158 Å². The van der Waals surface area contributed by atoms with Gasteiger partial charge in [0.1, 0.15) is 29.3 Å². The molecular weight excluding hydrogens is 369 g/mol. The fraction of sp³-hybridized carbons (Fsp3) is 0.222. The molecule has 0 bridgehead atoms. The second-order valence-corrected chi connectivity index (χ2v) is 7.72. The Balaban J connectivity index is 1.61. The molecule has 0 N–H and O–H groups in total. The Kier molecular flexibility index (Phi) is 4.94. The van der Waals surface area contributed by atoms with E-state index in [-0.39, 0.29) is 5.82 Å². The number of thiophene rings is 1. The van der Waals surface area contributed by atoms with Crippen molar-refractivity contribution >= 4 is 33.3 Å². The van der Waals surface area contributed by atoms with E-state index in [4.69, 9.17) is 0 Å². The predicted molar refractivity (Wildman–Crippen MR) is 103 cm³/mol. The van der Waals surface area contributed by atoms with Gasteiger partial charge < -0.3 is 0 Å². The van der Waals surface area contributed by atoms with Crippen LogP contribution in [0.25, 0.3) is 20.7 Å². The molecule has 132 valence electrons. The van der Waals surface area contributed by atoms with Gasteiger partial charge in [-0.05, 0) is 30.2 Å². The number of hydrogen-bond donors (Lipinski definition) is 0. The number of fused-ring (bicyclic) bond motifs is 1. The van der Waals surface area contributed by atoms with Crippen LogP contribution >= 0.6 is 23.1 Å². The molecule has 26 heavy (non-hydrogen) atoms. The molecule has 0 saturated heterocycles. The summed E-state index contributed by atoms with van der Waals surface area (Å²) in [6.45, 7) is 2.98. The van der Waals surface area contributed by atoms with Crippen molar-refractivity contribution in [1.82, 2.24) is 24.7 Å². The summed E-state index contributed by atoms with van der Waals surface area (Å²) in [5, 5.41) is 5.19.